The van der Waals surface area contributed by atoms with Crippen molar-refractivity contribution < 1.29 is 8.78 Å². The summed E-state index contributed by atoms with van der Waals surface area (Å²) in [6.45, 7) is 0.288. The van der Waals surface area contributed by atoms with E-state index >= 15 is 0 Å². The third-order valence-electron chi connectivity index (χ3n) is 2.06. The molecule has 12 heavy (non-hydrogen) atoms. The van der Waals surface area contributed by atoms with Gasteiger partial charge >= 0.3 is 0 Å². The zero-order chi connectivity index (χ0) is 8.55. The Morgan fingerprint density at radius 3 is 3.08 bits per heavy atom. The molecule has 0 radical (unpaired) electrons. The van der Waals surface area contributed by atoms with Gasteiger partial charge in [-0.25, -0.2) is 8.78 Å². The fourth-order valence-electron chi connectivity index (χ4n) is 1.45. The average molecular weight is 169 g/mol. The summed E-state index contributed by atoms with van der Waals surface area (Å²) in [5, 5.41) is 2.84. The van der Waals surface area contributed by atoms with Crippen molar-refractivity contribution in [1.29, 1.82) is 0 Å². The lowest BCUT2D eigenvalue weighted by molar-refractivity contribution is 0.337. The van der Waals surface area contributed by atoms with Gasteiger partial charge in [0, 0.05) is 24.2 Å². The Kier molecular flexibility index (Phi) is 1.71. The molecular weight excluding hydrogens is 160 g/mol. The molecule has 1 nitrogen and oxygen atoms in total. The molecule has 1 aliphatic heterocycles. The van der Waals surface area contributed by atoms with E-state index in [2.05, 4.69) is 5.32 Å². The molecule has 1 N–H and O–H groups in total. The van der Waals surface area contributed by atoms with Gasteiger partial charge in [0.2, 0.25) is 0 Å². The number of halogens is 2. The van der Waals surface area contributed by atoms with E-state index in [4.69, 9.17) is 0 Å². The largest absolute Gasteiger partial charge is 0.382 e. The standard InChI is InChI=1S/C9H9F2N/c10-6-4-7-8(11)2-1-3-9(7)12-5-6/h1-3,6,12H,4-5H2. The second-order valence-corrected chi connectivity index (χ2v) is 2.95. The number of benzene rings is 1. The van der Waals surface area contributed by atoms with Gasteiger partial charge in [0.15, 0.2) is 0 Å². The first-order chi connectivity index (χ1) is 5.77. The van der Waals surface area contributed by atoms with Crippen molar-refractivity contribution in [3.63, 3.8) is 0 Å². The van der Waals surface area contributed by atoms with E-state index in [1.807, 2.05) is 0 Å². The summed E-state index contributed by atoms with van der Waals surface area (Å²) >= 11 is 0. The highest BCUT2D eigenvalue weighted by molar-refractivity contribution is 5.54. The van der Waals surface area contributed by atoms with E-state index < -0.39 is 6.17 Å². The molecule has 1 aliphatic rings. The Labute approximate surface area is 69.4 Å². The summed E-state index contributed by atoms with van der Waals surface area (Å²) < 4.78 is 25.9. The van der Waals surface area contributed by atoms with Gasteiger partial charge in [-0.15, -0.1) is 0 Å². The van der Waals surface area contributed by atoms with E-state index in [-0.39, 0.29) is 18.8 Å². The minimum absolute atomic E-state index is 0.189. The van der Waals surface area contributed by atoms with Gasteiger partial charge in [0.05, 0.1) is 0 Å². The summed E-state index contributed by atoms with van der Waals surface area (Å²) in [5.41, 5.74) is 1.19. The Hall–Kier alpha value is -1.12. The molecule has 0 aromatic heterocycles. The van der Waals surface area contributed by atoms with Gasteiger partial charge in [0.1, 0.15) is 12.0 Å². The molecule has 0 fully saturated rings. The van der Waals surface area contributed by atoms with Gasteiger partial charge in [0.25, 0.3) is 0 Å². The number of nitrogens with one attached hydrogen (secondary N) is 1. The van der Waals surface area contributed by atoms with Crippen molar-refractivity contribution in [3.05, 3.63) is 29.6 Å². The van der Waals surface area contributed by atoms with Crippen molar-refractivity contribution in [3.8, 4) is 0 Å². The van der Waals surface area contributed by atoms with Crippen LogP contribution in [0, 0.1) is 5.82 Å². The van der Waals surface area contributed by atoms with Crippen LogP contribution < -0.4 is 5.32 Å². The topological polar surface area (TPSA) is 12.0 Å². The minimum atomic E-state index is -0.964. The summed E-state index contributed by atoms with van der Waals surface area (Å²) in [6, 6.07) is 4.75. The van der Waals surface area contributed by atoms with Crippen LogP contribution in [-0.2, 0) is 6.42 Å². The lowest BCUT2D eigenvalue weighted by Crippen LogP contribution is -2.24. The highest BCUT2D eigenvalue weighted by Crippen LogP contribution is 2.25. The maximum atomic E-state index is 13.0. The quantitative estimate of drug-likeness (QED) is 0.627. The molecule has 64 valence electrons. The van der Waals surface area contributed by atoms with E-state index in [0.29, 0.717) is 5.56 Å². The number of hydrogen-bond donors (Lipinski definition) is 1. The highest BCUT2D eigenvalue weighted by Gasteiger charge is 2.19. The van der Waals surface area contributed by atoms with Crippen molar-refractivity contribution in [2.45, 2.75) is 12.6 Å². The van der Waals surface area contributed by atoms with Crippen molar-refractivity contribution in [1.82, 2.24) is 0 Å². The van der Waals surface area contributed by atoms with Gasteiger partial charge < -0.3 is 5.32 Å². The molecule has 2 rings (SSSR count). The van der Waals surface area contributed by atoms with Crippen LogP contribution >= 0.6 is 0 Å². The zero-order valence-electron chi connectivity index (χ0n) is 6.48. The van der Waals surface area contributed by atoms with Crippen LogP contribution in [0.1, 0.15) is 5.56 Å². The van der Waals surface area contributed by atoms with Crippen LogP contribution in [0.15, 0.2) is 18.2 Å². The highest BCUT2D eigenvalue weighted by atomic mass is 19.1. The van der Waals surface area contributed by atoms with Crippen molar-refractivity contribution in [2.24, 2.45) is 0 Å². The molecular formula is C9H9F2N. The van der Waals surface area contributed by atoms with E-state index in [0.717, 1.165) is 5.69 Å². The number of alkyl halides is 1. The van der Waals surface area contributed by atoms with Gasteiger partial charge in [-0.1, -0.05) is 6.07 Å². The maximum absolute atomic E-state index is 13.0. The predicted octanol–water partition coefficient (Wildman–Crippen LogP) is 2.13. The smallest absolute Gasteiger partial charge is 0.128 e. The molecule has 1 aromatic rings. The lowest BCUT2D eigenvalue weighted by atomic mass is 10.0. The van der Waals surface area contributed by atoms with E-state index in [1.54, 1.807) is 12.1 Å². The van der Waals surface area contributed by atoms with Gasteiger partial charge in [-0.2, -0.15) is 0 Å². The van der Waals surface area contributed by atoms with Crippen molar-refractivity contribution >= 4 is 5.69 Å². The number of hydrogen-bond acceptors (Lipinski definition) is 1. The molecule has 3 heteroatoms. The van der Waals surface area contributed by atoms with Crippen LogP contribution in [0.2, 0.25) is 0 Å². The number of fused-ring (bicyclic) bond motifs is 1. The van der Waals surface area contributed by atoms with E-state index in [1.165, 1.54) is 6.07 Å². The van der Waals surface area contributed by atoms with Gasteiger partial charge in [-0.05, 0) is 12.1 Å². The molecule has 1 aromatic carbocycles. The molecule has 0 bridgehead atoms. The maximum Gasteiger partial charge on any atom is 0.128 e. The molecule has 1 atom stereocenters. The summed E-state index contributed by atoms with van der Waals surface area (Å²) in [4.78, 5) is 0. The molecule has 0 spiro atoms. The molecule has 0 saturated heterocycles. The molecule has 1 heterocycles. The zero-order valence-corrected chi connectivity index (χ0v) is 6.48. The summed E-state index contributed by atoms with van der Waals surface area (Å²) in [7, 11) is 0. The fraction of sp³-hybridized carbons (Fsp3) is 0.333. The summed E-state index contributed by atoms with van der Waals surface area (Å²) in [6.07, 6.45) is -0.774. The lowest BCUT2D eigenvalue weighted by Gasteiger charge is -2.21. The van der Waals surface area contributed by atoms with Gasteiger partial charge in [-0.3, -0.25) is 0 Å². The Balaban J connectivity index is 2.43. The van der Waals surface area contributed by atoms with Crippen molar-refractivity contribution in [2.75, 3.05) is 11.9 Å². The molecule has 0 aliphatic carbocycles. The average Bonchev–Trinajstić information content (AvgIpc) is 2.07. The first kappa shape index (κ1) is 7.53. The SMILES string of the molecule is Fc1cccc2c1CC(F)CN2. The normalized spacial score (nSPS) is 21.3. The van der Waals surface area contributed by atoms with Crippen LogP contribution in [0.5, 0.6) is 0 Å². The van der Waals surface area contributed by atoms with Crippen LogP contribution in [0.25, 0.3) is 0 Å². The van der Waals surface area contributed by atoms with Crippen LogP contribution in [0.4, 0.5) is 14.5 Å². The fourth-order valence-corrected chi connectivity index (χ4v) is 1.45. The Bertz CT molecular complexity index is 299. The molecule has 1 unspecified atom stereocenters. The second-order valence-electron chi connectivity index (χ2n) is 2.95. The van der Waals surface area contributed by atoms with Crippen LogP contribution in [0.3, 0.4) is 0 Å². The predicted molar refractivity (Wildman–Crippen MR) is 43.5 cm³/mol. The third-order valence-corrected chi connectivity index (χ3v) is 2.06. The first-order valence-corrected chi connectivity index (χ1v) is 3.92. The minimum Gasteiger partial charge on any atom is -0.382 e. The number of anilines is 1. The monoisotopic (exact) mass is 169 g/mol. The molecule has 0 amide bonds. The summed E-state index contributed by atoms with van der Waals surface area (Å²) in [5.74, 6) is -0.317. The van der Waals surface area contributed by atoms with Crippen LogP contribution in [-0.4, -0.2) is 12.7 Å². The Morgan fingerprint density at radius 2 is 2.25 bits per heavy atom. The third kappa shape index (κ3) is 1.15. The number of rotatable bonds is 0. The molecule has 0 saturated carbocycles. The second kappa shape index (κ2) is 2.73. The Morgan fingerprint density at radius 1 is 1.42 bits per heavy atom. The first-order valence-electron chi connectivity index (χ1n) is 3.92. The van der Waals surface area contributed by atoms with E-state index in [9.17, 15) is 8.78 Å².